The van der Waals surface area contributed by atoms with Crippen molar-refractivity contribution in [2.45, 2.75) is 20.0 Å². The summed E-state index contributed by atoms with van der Waals surface area (Å²) in [6.45, 7) is 9.69. The lowest BCUT2D eigenvalue weighted by Gasteiger charge is -2.27. The standard InChI is InChI=1S/C11H16O4/c1-5-8(12)10(14)11(3,4)7-15-9(13)6-2/h5-6,10,14H,1-2,7H2,3-4H3. The van der Waals surface area contributed by atoms with Crippen molar-refractivity contribution in [3.8, 4) is 0 Å². The van der Waals surface area contributed by atoms with Gasteiger partial charge in [-0.3, -0.25) is 4.79 Å². The zero-order valence-corrected chi connectivity index (χ0v) is 9.03. The fourth-order valence-electron chi connectivity index (χ4n) is 0.892. The van der Waals surface area contributed by atoms with Gasteiger partial charge in [0.05, 0.1) is 6.61 Å². The van der Waals surface area contributed by atoms with Crippen LogP contribution in [0.4, 0.5) is 0 Å². The van der Waals surface area contributed by atoms with Crippen LogP contribution in [0, 0.1) is 5.41 Å². The molecule has 0 radical (unpaired) electrons. The Bertz CT molecular complexity index is 278. The van der Waals surface area contributed by atoms with E-state index in [1.165, 1.54) is 0 Å². The average molecular weight is 212 g/mol. The number of carbonyl (C=O) groups excluding carboxylic acids is 2. The van der Waals surface area contributed by atoms with E-state index in [1.807, 2.05) is 0 Å². The van der Waals surface area contributed by atoms with Crippen LogP contribution in [0.1, 0.15) is 13.8 Å². The first-order valence-corrected chi connectivity index (χ1v) is 4.48. The van der Waals surface area contributed by atoms with Gasteiger partial charge in [-0.1, -0.05) is 27.0 Å². The molecular formula is C11H16O4. The Kier molecular flexibility index (Phi) is 4.94. The van der Waals surface area contributed by atoms with E-state index in [0.717, 1.165) is 12.2 Å². The summed E-state index contributed by atoms with van der Waals surface area (Å²) < 4.78 is 4.77. The van der Waals surface area contributed by atoms with Crippen molar-refractivity contribution < 1.29 is 19.4 Å². The first-order valence-electron chi connectivity index (χ1n) is 4.48. The largest absolute Gasteiger partial charge is 0.462 e. The number of hydrogen-bond acceptors (Lipinski definition) is 4. The molecule has 0 aromatic rings. The summed E-state index contributed by atoms with van der Waals surface area (Å²) in [4.78, 5) is 21.9. The highest BCUT2D eigenvalue weighted by Crippen LogP contribution is 2.22. The number of aliphatic hydroxyl groups is 1. The molecule has 0 amide bonds. The Labute approximate surface area is 89.2 Å². The van der Waals surface area contributed by atoms with E-state index < -0.39 is 23.3 Å². The van der Waals surface area contributed by atoms with Crippen LogP contribution in [0.3, 0.4) is 0 Å². The third-order valence-corrected chi connectivity index (χ3v) is 1.96. The summed E-state index contributed by atoms with van der Waals surface area (Å²) >= 11 is 0. The van der Waals surface area contributed by atoms with Gasteiger partial charge < -0.3 is 9.84 Å². The van der Waals surface area contributed by atoms with E-state index in [4.69, 9.17) is 4.74 Å². The van der Waals surface area contributed by atoms with Gasteiger partial charge >= 0.3 is 5.97 Å². The van der Waals surface area contributed by atoms with E-state index >= 15 is 0 Å². The molecule has 1 atom stereocenters. The molecule has 0 fully saturated rings. The number of ether oxygens (including phenoxy) is 1. The van der Waals surface area contributed by atoms with Gasteiger partial charge in [-0.2, -0.15) is 0 Å². The average Bonchev–Trinajstić information content (AvgIpc) is 2.23. The Morgan fingerprint density at radius 2 is 1.93 bits per heavy atom. The van der Waals surface area contributed by atoms with E-state index in [-0.39, 0.29) is 6.61 Å². The van der Waals surface area contributed by atoms with Crippen molar-refractivity contribution >= 4 is 11.8 Å². The topological polar surface area (TPSA) is 63.6 Å². The monoisotopic (exact) mass is 212 g/mol. The first-order chi connectivity index (χ1) is 6.85. The Morgan fingerprint density at radius 3 is 2.33 bits per heavy atom. The number of ketones is 1. The maximum Gasteiger partial charge on any atom is 0.330 e. The molecule has 0 aromatic carbocycles. The lowest BCUT2D eigenvalue weighted by molar-refractivity contribution is -0.146. The predicted molar refractivity (Wildman–Crippen MR) is 56.1 cm³/mol. The second-order valence-electron chi connectivity index (χ2n) is 3.81. The van der Waals surface area contributed by atoms with Gasteiger partial charge in [-0.15, -0.1) is 0 Å². The molecule has 15 heavy (non-hydrogen) atoms. The SMILES string of the molecule is C=CC(=O)OCC(C)(C)C(O)C(=O)C=C. The molecule has 1 N–H and O–H groups in total. The number of esters is 1. The molecule has 0 spiro atoms. The fraction of sp³-hybridized carbons (Fsp3) is 0.455. The molecule has 4 heteroatoms. The van der Waals surface area contributed by atoms with Crippen LogP contribution in [0.15, 0.2) is 25.3 Å². The number of aliphatic hydroxyl groups excluding tert-OH is 1. The zero-order chi connectivity index (χ0) is 12.1. The van der Waals surface area contributed by atoms with Gasteiger partial charge in [0.15, 0.2) is 5.78 Å². The maximum atomic E-state index is 11.1. The molecule has 0 aliphatic rings. The van der Waals surface area contributed by atoms with Crippen molar-refractivity contribution in [3.63, 3.8) is 0 Å². The Morgan fingerprint density at radius 1 is 1.40 bits per heavy atom. The van der Waals surface area contributed by atoms with Crippen LogP contribution in [-0.2, 0) is 14.3 Å². The summed E-state index contributed by atoms with van der Waals surface area (Å²) in [7, 11) is 0. The van der Waals surface area contributed by atoms with Crippen molar-refractivity contribution in [3.05, 3.63) is 25.3 Å². The zero-order valence-electron chi connectivity index (χ0n) is 9.03. The Hall–Kier alpha value is -1.42. The van der Waals surface area contributed by atoms with Crippen LogP contribution in [0.25, 0.3) is 0 Å². The van der Waals surface area contributed by atoms with E-state index in [2.05, 4.69) is 13.2 Å². The van der Waals surface area contributed by atoms with Gasteiger partial charge in [-0.05, 0) is 6.08 Å². The second kappa shape index (κ2) is 5.46. The molecule has 0 heterocycles. The molecule has 0 aliphatic carbocycles. The summed E-state index contributed by atoms with van der Waals surface area (Å²) in [6.07, 6.45) is 0.840. The summed E-state index contributed by atoms with van der Waals surface area (Å²) in [5.41, 5.74) is -0.843. The molecule has 0 saturated carbocycles. The van der Waals surface area contributed by atoms with Gasteiger partial charge in [0.2, 0.25) is 0 Å². The minimum atomic E-state index is -1.23. The third kappa shape index (κ3) is 4.08. The summed E-state index contributed by atoms with van der Waals surface area (Å²) in [5, 5.41) is 9.59. The highest BCUT2D eigenvalue weighted by Gasteiger charge is 2.33. The van der Waals surface area contributed by atoms with Gasteiger partial charge in [0.1, 0.15) is 6.10 Å². The summed E-state index contributed by atoms with van der Waals surface area (Å²) in [5.74, 6) is -1.07. The minimum absolute atomic E-state index is 0.0569. The van der Waals surface area contributed by atoms with Crippen molar-refractivity contribution in [2.24, 2.45) is 5.41 Å². The minimum Gasteiger partial charge on any atom is -0.462 e. The van der Waals surface area contributed by atoms with Crippen molar-refractivity contribution in [2.75, 3.05) is 6.61 Å². The van der Waals surface area contributed by atoms with Gasteiger partial charge in [0, 0.05) is 11.5 Å². The van der Waals surface area contributed by atoms with E-state index in [1.54, 1.807) is 13.8 Å². The van der Waals surface area contributed by atoms with Crippen LogP contribution in [0.5, 0.6) is 0 Å². The predicted octanol–water partition coefficient (Wildman–Crippen LogP) is 0.858. The molecule has 0 aromatic heterocycles. The van der Waals surface area contributed by atoms with Crippen LogP contribution >= 0.6 is 0 Å². The lowest BCUT2D eigenvalue weighted by Crippen LogP contribution is -2.39. The smallest absolute Gasteiger partial charge is 0.330 e. The Balaban J connectivity index is 4.40. The molecule has 0 bridgehead atoms. The second-order valence-corrected chi connectivity index (χ2v) is 3.81. The molecule has 0 saturated heterocycles. The first kappa shape index (κ1) is 13.6. The number of rotatable bonds is 6. The van der Waals surface area contributed by atoms with Crippen LogP contribution in [0.2, 0.25) is 0 Å². The molecule has 4 nitrogen and oxygen atoms in total. The van der Waals surface area contributed by atoms with E-state index in [0.29, 0.717) is 0 Å². The molecular weight excluding hydrogens is 196 g/mol. The lowest BCUT2D eigenvalue weighted by atomic mass is 9.85. The molecule has 0 rings (SSSR count). The maximum absolute atomic E-state index is 11.1. The number of hydrogen-bond donors (Lipinski definition) is 1. The van der Waals surface area contributed by atoms with Crippen LogP contribution in [-0.4, -0.2) is 29.6 Å². The highest BCUT2D eigenvalue weighted by molar-refractivity contribution is 5.93. The highest BCUT2D eigenvalue weighted by atomic mass is 16.5. The van der Waals surface area contributed by atoms with Crippen molar-refractivity contribution in [1.29, 1.82) is 0 Å². The normalized spacial score (nSPS) is 12.7. The van der Waals surface area contributed by atoms with Crippen LogP contribution < -0.4 is 0 Å². The summed E-state index contributed by atoms with van der Waals surface area (Å²) in [6, 6.07) is 0. The number of carbonyl (C=O) groups is 2. The van der Waals surface area contributed by atoms with Gasteiger partial charge in [-0.25, -0.2) is 4.79 Å². The quantitative estimate of drug-likeness (QED) is 0.524. The van der Waals surface area contributed by atoms with Gasteiger partial charge in [0.25, 0.3) is 0 Å². The molecule has 84 valence electrons. The third-order valence-electron chi connectivity index (χ3n) is 1.96. The van der Waals surface area contributed by atoms with Crippen molar-refractivity contribution in [1.82, 2.24) is 0 Å². The van der Waals surface area contributed by atoms with E-state index in [9.17, 15) is 14.7 Å². The fourth-order valence-corrected chi connectivity index (χ4v) is 0.892. The molecule has 1 unspecified atom stereocenters. The molecule has 0 aliphatic heterocycles.